The number of aryl methyl sites for hydroxylation is 1. The first-order valence-electron chi connectivity index (χ1n) is 6.94. The number of fused-ring (bicyclic) bond motifs is 1. The molecule has 0 amide bonds. The van der Waals surface area contributed by atoms with Gasteiger partial charge in [-0.3, -0.25) is 0 Å². The minimum absolute atomic E-state index is 0.432. The summed E-state index contributed by atoms with van der Waals surface area (Å²) < 4.78 is 0. The fourth-order valence-electron chi connectivity index (χ4n) is 2.45. The molecule has 3 heteroatoms. The molecule has 0 fully saturated rings. The molecule has 1 aromatic heterocycles. The van der Waals surface area contributed by atoms with Crippen molar-refractivity contribution in [1.82, 2.24) is 9.97 Å². The Morgan fingerprint density at radius 3 is 2.95 bits per heavy atom. The lowest BCUT2D eigenvalue weighted by Crippen LogP contribution is -2.11. The van der Waals surface area contributed by atoms with Gasteiger partial charge in [0.15, 0.2) is 5.82 Å². The summed E-state index contributed by atoms with van der Waals surface area (Å²) in [5, 5.41) is 3.43. The van der Waals surface area contributed by atoms with Crippen LogP contribution < -0.4 is 5.32 Å². The second kappa shape index (κ2) is 5.00. The van der Waals surface area contributed by atoms with Gasteiger partial charge in [-0.2, -0.15) is 0 Å². The highest BCUT2D eigenvalue weighted by molar-refractivity contribution is 5.64. The number of aromatic nitrogens is 2. The van der Waals surface area contributed by atoms with Crippen LogP contribution in [0.1, 0.15) is 37.4 Å². The Labute approximate surface area is 114 Å². The summed E-state index contributed by atoms with van der Waals surface area (Å²) in [6, 6.07) is 8.47. The maximum atomic E-state index is 4.66. The van der Waals surface area contributed by atoms with Crippen molar-refractivity contribution in [2.24, 2.45) is 0 Å². The maximum Gasteiger partial charge on any atom is 0.159 e. The highest BCUT2D eigenvalue weighted by atomic mass is 14.9. The van der Waals surface area contributed by atoms with Crippen molar-refractivity contribution in [1.29, 1.82) is 0 Å². The quantitative estimate of drug-likeness (QED) is 0.888. The number of benzene rings is 1. The van der Waals surface area contributed by atoms with Gasteiger partial charge in [0.1, 0.15) is 0 Å². The molecule has 0 saturated carbocycles. The molecule has 3 nitrogen and oxygen atoms in total. The molecule has 1 aromatic carbocycles. The average Bonchev–Trinajstić information content (AvgIpc) is 2.47. The van der Waals surface area contributed by atoms with Crippen LogP contribution in [0.15, 0.2) is 30.5 Å². The molecule has 1 aliphatic rings. The molecule has 0 radical (unpaired) electrons. The van der Waals surface area contributed by atoms with E-state index in [-0.39, 0.29) is 0 Å². The van der Waals surface area contributed by atoms with Crippen LogP contribution in [0.5, 0.6) is 0 Å². The van der Waals surface area contributed by atoms with Gasteiger partial charge in [-0.1, -0.05) is 13.8 Å². The third-order valence-electron chi connectivity index (χ3n) is 3.57. The van der Waals surface area contributed by atoms with Crippen LogP contribution in [-0.2, 0) is 6.42 Å². The van der Waals surface area contributed by atoms with Crippen molar-refractivity contribution in [3.8, 4) is 11.4 Å². The Kier molecular flexibility index (Phi) is 3.20. The van der Waals surface area contributed by atoms with Gasteiger partial charge in [-0.15, -0.1) is 0 Å². The summed E-state index contributed by atoms with van der Waals surface area (Å²) in [5.41, 5.74) is 4.85. The smallest absolute Gasteiger partial charge is 0.159 e. The van der Waals surface area contributed by atoms with Crippen molar-refractivity contribution < 1.29 is 0 Å². The van der Waals surface area contributed by atoms with Crippen LogP contribution in [0.3, 0.4) is 0 Å². The molecule has 1 aliphatic heterocycles. The summed E-state index contributed by atoms with van der Waals surface area (Å²) >= 11 is 0. The number of nitrogens with zero attached hydrogens (tertiary/aromatic N) is 2. The van der Waals surface area contributed by atoms with E-state index in [0.29, 0.717) is 5.92 Å². The summed E-state index contributed by atoms with van der Waals surface area (Å²) in [4.78, 5) is 9.07. The first-order chi connectivity index (χ1) is 9.24. The zero-order chi connectivity index (χ0) is 13.2. The number of hydrogen-bond donors (Lipinski definition) is 1. The topological polar surface area (TPSA) is 37.8 Å². The standard InChI is InChI=1S/C16H19N3/c1-11(2)14-7-9-18-16(19-14)13-5-6-15-12(10-13)4-3-8-17-15/h5-7,9-11,17H,3-4,8H2,1-2H3. The summed E-state index contributed by atoms with van der Waals surface area (Å²) in [6.07, 6.45) is 4.19. The Morgan fingerprint density at radius 1 is 1.21 bits per heavy atom. The van der Waals surface area contributed by atoms with Gasteiger partial charge in [0.25, 0.3) is 0 Å². The van der Waals surface area contributed by atoms with Crippen LogP contribution in [0.4, 0.5) is 5.69 Å². The van der Waals surface area contributed by atoms with E-state index < -0.39 is 0 Å². The second-order valence-electron chi connectivity index (χ2n) is 5.36. The lowest BCUT2D eigenvalue weighted by Gasteiger charge is -2.18. The lowest BCUT2D eigenvalue weighted by atomic mass is 10.0. The van der Waals surface area contributed by atoms with Gasteiger partial charge in [0, 0.05) is 29.7 Å². The predicted octanol–water partition coefficient (Wildman–Crippen LogP) is 3.63. The molecule has 1 N–H and O–H groups in total. The predicted molar refractivity (Wildman–Crippen MR) is 78.4 cm³/mol. The van der Waals surface area contributed by atoms with Crippen molar-refractivity contribution in [2.75, 3.05) is 11.9 Å². The van der Waals surface area contributed by atoms with Crippen LogP contribution in [-0.4, -0.2) is 16.5 Å². The van der Waals surface area contributed by atoms with E-state index in [1.165, 1.54) is 17.7 Å². The van der Waals surface area contributed by atoms with Gasteiger partial charge in [-0.05, 0) is 48.6 Å². The monoisotopic (exact) mass is 253 g/mol. The second-order valence-corrected chi connectivity index (χ2v) is 5.36. The minimum atomic E-state index is 0.432. The van der Waals surface area contributed by atoms with E-state index in [4.69, 9.17) is 0 Å². The van der Waals surface area contributed by atoms with E-state index in [9.17, 15) is 0 Å². The van der Waals surface area contributed by atoms with Gasteiger partial charge in [-0.25, -0.2) is 9.97 Å². The SMILES string of the molecule is CC(C)c1ccnc(-c2ccc3c(c2)CCCN3)n1. The van der Waals surface area contributed by atoms with Gasteiger partial charge in [0.2, 0.25) is 0 Å². The highest BCUT2D eigenvalue weighted by Crippen LogP contribution is 2.27. The van der Waals surface area contributed by atoms with Gasteiger partial charge in [0.05, 0.1) is 0 Å². The number of nitrogens with one attached hydrogen (secondary N) is 1. The summed E-state index contributed by atoms with van der Waals surface area (Å²) in [6.45, 7) is 5.39. The first kappa shape index (κ1) is 12.2. The lowest BCUT2D eigenvalue weighted by molar-refractivity contribution is 0.815. The molecule has 0 unspecified atom stereocenters. The normalized spacial score (nSPS) is 14.1. The number of hydrogen-bond acceptors (Lipinski definition) is 3. The Hall–Kier alpha value is -1.90. The first-order valence-corrected chi connectivity index (χ1v) is 6.94. The molecule has 0 atom stereocenters. The third kappa shape index (κ3) is 2.46. The van der Waals surface area contributed by atoms with Gasteiger partial charge >= 0.3 is 0 Å². The van der Waals surface area contributed by atoms with Crippen LogP contribution in [0.25, 0.3) is 11.4 Å². The molecule has 19 heavy (non-hydrogen) atoms. The molecule has 0 saturated heterocycles. The minimum Gasteiger partial charge on any atom is -0.385 e. The Morgan fingerprint density at radius 2 is 2.11 bits per heavy atom. The number of rotatable bonds is 2. The van der Waals surface area contributed by atoms with Crippen LogP contribution in [0, 0.1) is 0 Å². The van der Waals surface area contributed by atoms with Crippen molar-refractivity contribution >= 4 is 5.69 Å². The van der Waals surface area contributed by atoms with Gasteiger partial charge < -0.3 is 5.32 Å². The molecule has 0 bridgehead atoms. The van der Waals surface area contributed by atoms with Crippen LogP contribution in [0.2, 0.25) is 0 Å². The van der Waals surface area contributed by atoms with Crippen LogP contribution >= 0.6 is 0 Å². The van der Waals surface area contributed by atoms with E-state index in [0.717, 1.165) is 30.0 Å². The zero-order valence-electron chi connectivity index (χ0n) is 11.5. The third-order valence-corrected chi connectivity index (χ3v) is 3.57. The van der Waals surface area contributed by atoms with Crippen molar-refractivity contribution in [3.05, 3.63) is 41.7 Å². The molecule has 2 heterocycles. The largest absolute Gasteiger partial charge is 0.385 e. The molecular weight excluding hydrogens is 234 g/mol. The van der Waals surface area contributed by atoms with E-state index >= 15 is 0 Å². The van der Waals surface area contributed by atoms with Crippen molar-refractivity contribution in [3.63, 3.8) is 0 Å². The number of anilines is 1. The summed E-state index contributed by atoms with van der Waals surface area (Å²) in [7, 11) is 0. The molecule has 0 spiro atoms. The molecule has 98 valence electrons. The fourth-order valence-corrected chi connectivity index (χ4v) is 2.45. The molecule has 0 aliphatic carbocycles. The molecule has 2 aromatic rings. The molecule has 3 rings (SSSR count). The Balaban J connectivity index is 2.00. The fraction of sp³-hybridized carbons (Fsp3) is 0.375. The Bertz CT molecular complexity index is 590. The molecular formula is C16H19N3. The van der Waals surface area contributed by atoms with E-state index in [1.807, 2.05) is 12.3 Å². The van der Waals surface area contributed by atoms with E-state index in [2.05, 4.69) is 47.3 Å². The maximum absolute atomic E-state index is 4.66. The zero-order valence-corrected chi connectivity index (χ0v) is 11.5. The van der Waals surface area contributed by atoms with E-state index in [1.54, 1.807) is 0 Å². The summed E-state index contributed by atoms with van der Waals surface area (Å²) in [5.74, 6) is 1.26. The average molecular weight is 253 g/mol. The highest BCUT2D eigenvalue weighted by Gasteiger charge is 2.11. The van der Waals surface area contributed by atoms with Crippen molar-refractivity contribution in [2.45, 2.75) is 32.6 Å².